The fourth-order valence-electron chi connectivity index (χ4n) is 2.58. The molecule has 3 aromatic rings. The lowest BCUT2D eigenvalue weighted by Crippen LogP contribution is -2.19. The molecule has 0 saturated heterocycles. The van der Waals surface area contributed by atoms with E-state index in [9.17, 15) is 22.8 Å². The molecule has 0 bridgehead atoms. The number of carbonyl (C=O) groups is 2. The fourth-order valence-corrected chi connectivity index (χ4v) is 3.29. The Morgan fingerprint density at radius 1 is 1.10 bits per heavy atom. The van der Waals surface area contributed by atoms with Crippen LogP contribution in [0.5, 0.6) is 0 Å². The minimum atomic E-state index is -4.51. The SMILES string of the molecule is CCOC(=O)c1ccccc1-c1csc(NC(=O)Nc2cccc(C(F)(F)F)c2)n1. The van der Waals surface area contributed by atoms with Crippen LogP contribution in [0.15, 0.2) is 53.9 Å². The molecule has 10 heteroatoms. The van der Waals surface area contributed by atoms with E-state index in [2.05, 4.69) is 15.6 Å². The number of halogens is 3. The van der Waals surface area contributed by atoms with Crippen LogP contribution in [0.4, 0.5) is 28.8 Å². The molecule has 0 atom stereocenters. The first-order chi connectivity index (χ1) is 14.3. The molecule has 0 fully saturated rings. The van der Waals surface area contributed by atoms with Gasteiger partial charge in [0.2, 0.25) is 0 Å². The van der Waals surface area contributed by atoms with Crippen LogP contribution < -0.4 is 10.6 Å². The fraction of sp³-hybridized carbons (Fsp3) is 0.150. The number of urea groups is 1. The van der Waals surface area contributed by atoms with E-state index in [1.54, 1.807) is 36.6 Å². The molecular formula is C20H16F3N3O3S. The van der Waals surface area contributed by atoms with Crippen molar-refractivity contribution in [2.45, 2.75) is 13.1 Å². The molecule has 3 rings (SSSR count). The predicted molar refractivity (Wildman–Crippen MR) is 108 cm³/mol. The summed E-state index contributed by atoms with van der Waals surface area (Å²) in [5.41, 5.74) is 0.459. The lowest BCUT2D eigenvalue weighted by molar-refractivity contribution is -0.137. The minimum absolute atomic E-state index is 0.00763. The van der Waals surface area contributed by atoms with Crippen LogP contribution in [-0.4, -0.2) is 23.6 Å². The van der Waals surface area contributed by atoms with Crippen molar-refractivity contribution < 1.29 is 27.5 Å². The van der Waals surface area contributed by atoms with Gasteiger partial charge in [-0.25, -0.2) is 14.6 Å². The molecule has 156 valence electrons. The van der Waals surface area contributed by atoms with Gasteiger partial charge in [0.05, 0.1) is 23.4 Å². The molecule has 0 saturated carbocycles. The van der Waals surface area contributed by atoms with Crippen LogP contribution >= 0.6 is 11.3 Å². The summed E-state index contributed by atoms with van der Waals surface area (Å²) in [6.45, 7) is 1.93. The van der Waals surface area contributed by atoms with Gasteiger partial charge in [0.1, 0.15) is 0 Å². The number of nitrogens with zero attached hydrogens (tertiary/aromatic N) is 1. The first kappa shape index (κ1) is 21.3. The van der Waals surface area contributed by atoms with Crippen molar-refractivity contribution in [3.05, 3.63) is 65.0 Å². The Balaban J connectivity index is 1.72. The van der Waals surface area contributed by atoms with Crippen LogP contribution in [-0.2, 0) is 10.9 Å². The number of rotatable bonds is 5. The zero-order valence-electron chi connectivity index (χ0n) is 15.6. The van der Waals surface area contributed by atoms with Gasteiger partial charge < -0.3 is 10.1 Å². The number of nitrogens with one attached hydrogen (secondary N) is 2. The van der Waals surface area contributed by atoms with E-state index in [-0.39, 0.29) is 17.4 Å². The van der Waals surface area contributed by atoms with Crippen molar-refractivity contribution in [1.29, 1.82) is 0 Å². The normalized spacial score (nSPS) is 11.1. The summed E-state index contributed by atoms with van der Waals surface area (Å²) in [7, 11) is 0. The van der Waals surface area contributed by atoms with Crippen molar-refractivity contribution >= 4 is 34.2 Å². The highest BCUT2D eigenvalue weighted by Crippen LogP contribution is 2.31. The molecule has 0 radical (unpaired) electrons. The zero-order valence-corrected chi connectivity index (χ0v) is 16.4. The molecule has 0 aliphatic carbocycles. The molecule has 0 spiro atoms. The zero-order chi connectivity index (χ0) is 21.7. The molecule has 0 unspecified atom stereocenters. The van der Waals surface area contributed by atoms with Crippen LogP contribution in [0.1, 0.15) is 22.8 Å². The van der Waals surface area contributed by atoms with E-state index in [1.165, 1.54) is 12.1 Å². The van der Waals surface area contributed by atoms with Crippen LogP contribution in [0.25, 0.3) is 11.3 Å². The Bertz CT molecular complexity index is 1070. The summed E-state index contributed by atoms with van der Waals surface area (Å²) >= 11 is 1.11. The maximum Gasteiger partial charge on any atom is 0.416 e. The molecule has 30 heavy (non-hydrogen) atoms. The van der Waals surface area contributed by atoms with Gasteiger partial charge in [-0.05, 0) is 31.2 Å². The maximum atomic E-state index is 12.8. The number of hydrogen-bond acceptors (Lipinski definition) is 5. The second kappa shape index (κ2) is 8.95. The molecule has 0 aliphatic rings. The van der Waals surface area contributed by atoms with Gasteiger partial charge in [0.15, 0.2) is 5.13 Å². The molecule has 6 nitrogen and oxygen atoms in total. The average molecular weight is 435 g/mol. The van der Waals surface area contributed by atoms with Gasteiger partial charge >= 0.3 is 18.2 Å². The Kier molecular flexibility index (Phi) is 6.36. The standard InChI is InChI=1S/C20H16F3N3O3S/c1-2-29-17(27)15-9-4-3-8-14(15)16-11-30-19(25-16)26-18(28)24-13-7-5-6-12(10-13)20(21,22)23/h3-11H,2H2,1H3,(H2,24,25,26,28). The topological polar surface area (TPSA) is 80.3 Å². The smallest absolute Gasteiger partial charge is 0.416 e. The second-order valence-corrected chi connectivity index (χ2v) is 6.82. The maximum absolute atomic E-state index is 12.8. The predicted octanol–water partition coefficient (Wildman–Crippen LogP) is 5.65. The van der Waals surface area contributed by atoms with E-state index in [0.29, 0.717) is 16.8 Å². The molecule has 1 aromatic heterocycles. The molecular weight excluding hydrogens is 419 g/mol. The number of anilines is 2. The lowest BCUT2D eigenvalue weighted by atomic mass is 10.1. The van der Waals surface area contributed by atoms with Crippen molar-refractivity contribution in [3.8, 4) is 11.3 Å². The van der Waals surface area contributed by atoms with Crippen LogP contribution in [0.3, 0.4) is 0 Å². The van der Waals surface area contributed by atoms with Crippen LogP contribution in [0, 0.1) is 0 Å². The third-order valence-electron chi connectivity index (χ3n) is 3.87. The summed E-state index contributed by atoms with van der Waals surface area (Å²) in [6, 6.07) is 10.3. The minimum Gasteiger partial charge on any atom is -0.462 e. The Morgan fingerprint density at radius 3 is 2.60 bits per heavy atom. The Morgan fingerprint density at radius 2 is 1.87 bits per heavy atom. The van der Waals surface area contributed by atoms with Crippen molar-refractivity contribution in [2.24, 2.45) is 0 Å². The number of ether oxygens (including phenoxy) is 1. The van der Waals surface area contributed by atoms with Gasteiger partial charge in [-0.3, -0.25) is 5.32 Å². The Hall–Kier alpha value is -3.40. The monoisotopic (exact) mass is 435 g/mol. The number of aromatic nitrogens is 1. The van der Waals surface area contributed by atoms with E-state index in [0.717, 1.165) is 23.5 Å². The molecule has 0 aliphatic heterocycles. The van der Waals surface area contributed by atoms with Gasteiger partial charge in [-0.15, -0.1) is 11.3 Å². The first-order valence-corrected chi connectivity index (χ1v) is 9.63. The summed E-state index contributed by atoms with van der Waals surface area (Å²) in [6.07, 6.45) is -4.51. The second-order valence-electron chi connectivity index (χ2n) is 5.96. The van der Waals surface area contributed by atoms with Gasteiger partial charge in [-0.1, -0.05) is 24.3 Å². The van der Waals surface area contributed by atoms with E-state index >= 15 is 0 Å². The number of alkyl halides is 3. The first-order valence-electron chi connectivity index (χ1n) is 8.75. The number of amides is 2. The third kappa shape index (κ3) is 5.15. The van der Waals surface area contributed by atoms with E-state index in [1.807, 2.05) is 0 Å². The van der Waals surface area contributed by atoms with Crippen LogP contribution in [0.2, 0.25) is 0 Å². The summed E-state index contributed by atoms with van der Waals surface area (Å²) < 4.78 is 43.4. The highest BCUT2D eigenvalue weighted by molar-refractivity contribution is 7.14. The lowest BCUT2D eigenvalue weighted by Gasteiger charge is -2.10. The van der Waals surface area contributed by atoms with Crippen molar-refractivity contribution in [1.82, 2.24) is 4.98 Å². The summed E-state index contributed by atoms with van der Waals surface area (Å²) in [5.74, 6) is -0.488. The molecule has 1 heterocycles. The summed E-state index contributed by atoms with van der Waals surface area (Å²) in [4.78, 5) is 28.5. The highest BCUT2D eigenvalue weighted by atomic mass is 32.1. The third-order valence-corrected chi connectivity index (χ3v) is 4.63. The van der Waals surface area contributed by atoms with E-state index < -0.39 is 23.7 Å². The molecule has 2 N–H and O–H groups in total. The molecule has 2 aromatic carbocycles. The van der Waals surface area contributed by atoms with Crippen molar-refractivity contribution in [3.63, 3.8) is 0 Å². The summed E-state index contributed by atoms with van der Waals surface area (Å²) in [5, 5.41) is 6.68. The number of hydrogen-bond donors (Lipinski definition) is 2. The molecule has 2 amide bonds. The number of benzene rings is 2. The number of esters is 1. The largest absolute Gasteiger partial charge is 0.462 e. The van der Waals surface area contributed by atoms with Gasteiger partial charge in [0.25, 0.3) is 0 Å². The highest BCUT2D eigenvalue weighted by Gasteiger charge is 2.30. The van der Waals surface area contributed by atoms with E-state index in [4.69, 9.17) is 4.74 Å². The average Bonchev–Trinajstić information content (AvgIpc) is 3.16. The van der Waals surface area contributed by atoms with Gasteiger partial charge in [0, 0.05) is 16.6 Å². The number of thiazole rings is 1. The quantitative estimate of drug-likeness (QED) is 0.508. The number of carbonyl (C=O) groups excluding carboxylic acids is 2. The van der Waals surface area contributed by atoms with Gasteiger partial charge in [-0.2, -0.15) is 13.2 Å². The van der Waals surface area contributed by atoms with Crippen molar-refractivity contribution in [2.75, 3.05) is 17.2 Å². The Labute approximate surface area is 173 Å².